The number of carbonyl (C=O) groups is 1. The molecule has 1 fully saturated rings. The van der Waals surface area contributed by atoms with Crippen molar-refractivity contribution in [3.8, 4) is 0 Å². The normalized spacial score (nSPS) is 15.8. The molecular weight excluding hydrogens is 382 g/mol. The van der Waals surface area contributed by atoms with Gasteiger partial charge in [-0.15, -0.1) is 0 Å². The monoisotopic (exact) mass is 417 g/mol. The largest absolute Gasteiger partial charge is 0.355 e. The minimum absolute atomic E-state index is 0.0493. The highest BCUT2D eigenvalue weighted by atomic mass is 16.1. The number of aryl methyl sites for hydroxylation is 2. The van der Waals surface area contributed by atoms with Crippen LogP contribution in [0.5, 0.6) is 0 Å². The van der Waals surface area contributed by atoms with Crippen molar-refractivity contribution in [3.05, 3.63) is 71.4 Å². The first-order chi connectivity index (χ1) is 15.2. The summed E-state index contributed by atoms with van der Waals surface area (Å²) in [6, 6.07) is 17.2. The Labute approximate surface area is 186 Å². The predicted octanol–water partition coefficient (Wildman–Crippen LogP) is 5.09. The van der Waals surface area contributed by atoms with E-state index < -0.39 is 0 Å². The van der Waals surface area contributed by atoms with Gasteiger partial charge >= 0.3 is 0 Å². The summed E-state index contributed by atoms with van der Waals surface area (Å²) in [6.45, 7) is 9.21. The molecule has 2 heterocycles. The van der Waals surface area contributed by atoms with Crippen LogP contribution in [-0.4, -0.2) is 41.6 Å². The fourth-order valence-electron chi connectivity index (χ4n) is 4.81. The first-order valence-corrected chi connectivity index (χ1v) is 11.8. The van der Waals surface area contributed by atoms with Gasteiger partial charge in [0, 0.05) is 49.1 Å². The molecule has 0 unspecified atom stereocenters. The lowest BCUT2D eigenvalue weighted by atomic mass is 9.87. The van der Waals surface area contributed by atoms with E-state index in [1.54, 1.807) is 0 Å². The Morgan fingerprint density at radius 2 is 1.77 bits per heavy atom. The molecule has 164 valence electrons. The number of benzene rings is 2. The molecule has 2 aromatic carbocycles. The number of piperidine rings is 1. The molecule has 4 heteroatoms. The van der Waals surface area contributed by atoms with Gasteiger partial charge in [-0.25, -0.2) is 0 Å². The molecule has 1 amide bonds. The van der Waals surface area contributed by atoms with Crippen LogP contribution >= 0.6 is 0 Å². The van der Waals surface area contributed by atoms with Crippen molar-refractivity contribution >= 4 is 16.8 Å². The highest BCUT2D eigenvalue weighted by Crippen LogP contribution is 2.35. The molecule has 4 nitrogen and oxygen atoms in total. The van der Waals surface area contributed by atoms with Gasteiger partial charge in [0.1, 0.15) is 0 Å². The molecule has 0 bridgehead atoms. The number of hydrogen-bond acceptors (Lipinski definition) is 2. The molecule has 4 rings (SSSR count). The highest BCUT2D eigenvalue weighted by molar-refractivity contribution is 5.86. The van der Waals surface area contributed by atoms with Gasteiger partial charge in [-0.3, -0.25) is 4.79 Å². The van der Waals surface area contributed by atoms with E-state index in [0.717, 1.165) is 19.6 Å². The van der Waals surface area contributed by atoms with Gasteiger partial charge in [0.05, 0.1) is 0 Å². The second kappa shape index (κ2) is 10.1. The summed E-state index contributed by atoms with van der Waals surface area (Å²) < 4.78 is 2.29. The van der Waals surface area contributed by atoms with E-state index in [0.29, 0.717) is 6.42 Å². The lowest BCUT2D eigenvalue weighted by Gasteiger charge is -2.26. The molecule has 1 saturated heterocycles. The summed E-state index contributed by atoms with van der Waals surface area (Å²) in [7, 11) is 0. The van der Waals surface area contributed by atoms with Crippen molar-refractivity contribution in [1.82, 2.24) is 14.8 Å². The van der Waals surface area contributed by atoms with Crippen molar-refractivity contribution in [2.75, 3.05) is 26.2 Å². The Kier molecular flexibility index (Phi) is 7.08. The number of para-hydroxylation sites is 1. The van der Waals surface area contributed by atoms with Crippen LogP contribution in [0.15, 0.2) is 54.7 Å². The summed E-state index contributed by atoms with van der Waals surface area (Å²) in [4.78, 5) is 15.5. The quantitative estimate of drug-likeness (QED) is 0.554. The minimum atomic E-state index is 0.0493. The van der Waals surface area contributed by atoms with Crippen LogP contribution in [0.4, 0.5) is 0 Å². The molecule has 1 aromatic heterocycles. The van der Waals surface area contributed by atoms with Gasteiger partial charge in [0.15, 0.2) is 0 Å². The van der Waals surface area contributed by atoms with E-state index in [-0.39, 0.29) is 11.8 Å². The summed E-state index contributed by atoms with van der Waals surface area (Å²) in [5.74, 6) is 0.184. The first-order valence-electron chi connectivity index (χ1n) is 11.8. The van der Waals surface area contributed by atoms with Crippen molar-refractivity contribution < 1.29 is 4.79 Å². The molecule has 0 saturated carbocycles. The maximum absolute atomic E-state index is 13.0. The van der Waals surface area contributed by atoms with Crippen molar-refractivity contribution in [1.29, 1.82) is 0 Å². The smallest absolute Gasteiger partial charge is 0.220 e. The zero-order valence-corrected chi connectivity index (χ0v) is 18.9. The zero-order chi connectivity index (χ0) is 21.6. The maximum atomic E-state index is 13.0. The molecule has 1 aliphatic rings. The van der Waals surface area contributed by atoms with E-state index in [4.69, 9.17) is 0 Å². The number of aromatic nitrogens is 1. The Balaban J connectivity index is 1.54. The van der Waals surface area contributed by atoms with Crippen LogP contribution in [0.1, 0.15) is 55.2 Å². The fraction of sp³-hybridized carbons (Fsp3) is 0.444. The standard InChI is InChI=1S/C27H35N3O/c1-3-30-20-25(23-9-5-6-10-26(23)30)24(22-13-11-21(2)12-14-22)19-27(31)28-15-18-29-16-7-4-8-17-29/h5-6,9-14,20,24H,3-4,7-8,15-19H2,1-2H3,(H,28,31)/t24-/m0/s1. The SMILES string of the molecule is CCn1cc([C@@H](CC(=O)NCCN2CCCCC2)c2ccc(C)cc2)c2ccccc21. The van der Waals surface area contributed by atoms with Crippen molar-refractivity contribution in [3.63, 3.8) is 0 Å². The molecule has 0 spiro atoms. The first kappa shape index (κ1) is 21.6. The number of nitrogens with zero attached hydrogens (tertiary/aromatic N) is 2. The lowest BCUT2D eigenvalue weighted by Crippen LogP contribution is -2.38. The van der Waals surface area contributed by atoms with Gasteiger partial charge in [0.2, 0.25) is 5.91 Å². The Bertz CT molecular complexity index is 999. The molecule has 31 heavy (non-hydrogen) atoms. The fourth-order valence-corrected chi connectivity index (χ4v) is 4.81. The summed E-state index contributed by atoms with van der Waals surface area (Å²) in [5, 5.41) is 4.44. The topological polar surface area (TPSA) is 37.3 Å². The molecule has 0 aliphatic carbocycles. The Morgan fingerprint density at radius 3 is 2.52 bits per heavy atom. The van der Waals surface area contributed by atoms with E-state index in [1.807, 2.05) is 0 Å². The number of carbonyl (C=O) groups excluding carboxylic acids is 1. The van der Waals surface area contributed by atoms with Crippen molar-refractivity contribution in [2.24, 2.45) is 0 Å². The third-order valence-corrected chi connectivity index (χ3v) is 6.60. The van der Waals surface area contributed by atoms with E-state index in [2.05, 4.69) is 83.4 Å². The number of nitrogens with one attached hydrogen (secondary N) is 1. The van der Waals surface area contributed by atoms with Gasteiger partial charge in [-0.2, -0.15) is 0 Å². The average molecular weight is 418 g/mol. The molecule has 1 N–H and O–H groups in total. The predicted molar refractivity (Wildman–Crippen MR) is 129 cm³/mol. The third kappa shape index (κ3) is 5.19. The highest BCUT2D eigenvalue weighted by Gasteiger charge is 2.22. The summed E-state index contributed by atoms with van der Waals surface area (Å²) in [5.41, 5.74) is 4.93. The van der Waals surface area contributed by atoms with Gasteiger partial charge in [-0.1, -0.05) is 54.4 Å². The number of amides is 1. The van der Waals surface area contributed by atoms with Crippen molar-refractivity contribution in [2.45, 2.75) is 52.0 Å². The molecule has 1 atom stereocenters. The van der Waals surface area contributed by atoms with Crippen LogP contribution in [0.25, 0.3) is 10.9 Å². The van der Waals surface area contributed by atoms with Crippen LogP contribution < -0.4 is 5.32 Å². The average Bonchev–Trinajstić information content (AvgIpc) is 3.17. The van der Waals surface area contributed by atoms with E-state index in [9.17, 15) is 4.79 Å². The lowest BCUT2D eigenvalue weighted by molar-refractivity contribution is -0.121. The molecule has 0 radical (unpaired) electrons. The Hall–Kier alpha value is -2.59. The summed E-state index contributed by atoms with van der Waals surface area (Å²) >= 11 is 0. The Morgan fingerprint density at radius 1 is 1.03 bits per heavy atom. The van der Waals surface area contributed by atoms with Gasteiger partial charge in [0.25, 0.3) is 0 Å². The number of likely N-dealkylation sites (tertiary alicyclic amines) is 1. The van der Waals surface area contributed by atoms with Crippen LogP contribution in [0.2, 0.25) is 0 Å². The van der Waals surface area contributed by atoms with Crippen LogP contribution in [-0.2, 0) is 11.3 Å². The molecule has 3 aromatic rings. The van der Waals surface area contributed by atoms with Crippen LogP contribution in [0.3, 0.4) is 0 Å². The third-order valence-electron chi connectivity index (χ3n) is 6.60. The van der Waals surface area contributed by atoms with E-state index in [1.165, 1.54) is 59.9 Å². The van der Waals surface area contributed by atoms with E-state index >= 15 is 0 Å². The second-order valence-corrected chi connectivity index (χ2v) is 8.81. The molecular formula is C27H35N3O. The number of rotatable bonds is 8. The van der Waals surface area contributed by atoms with Crippen LogP contribution in [0, 0.1) is 6.92 Å². The number of fused-ring (bicyclic) bond motifs is 1. The van der Waals surface area contributed by atoms with Gasteiger partial charge < -0.3 is 14.8 Å². The minimum Gasteiger partial charge on any atom is -0.355 e. The second-order valence-electron chi connectivity index (χ2n) is 8.81. The summed E-state index contributed by atoms with van der Waals surface area (Å²) in [6.07, 6.45) is 6.62. The zero-order valence-electron chi connectivity index (χ0n) is 18.9. The maximum Gasteiger partial charge on any atom is 0.220 e. The number of hydrogen-bond donors (Lipinski definition) is 1. The molecule has 1 aliphatic heterocycles. The van der Waals surface area contributed by atoms with Gasteiger partial charge in [-0.05, 0) is 57.0 Å².